The number of rotatable bonds is 5. The fourth-order valence-corrected chi connectivity index (χ4v) is 3.07. The van der Waals surface area contributed by atoms with E-state index in [1.54, 1.807) is 23.5 Å². The molecule has 1 rings (SSSR count). The second-order valence-electron chi connectivity index (χ2n) is 3.39. The summed E-state index contributed by atoms with van der Waals surface area (Å²) in [5, 5.41) is 18.3. The van der Waals surface area contributed by atoms with Crippen molar-refractivity contribution in [2.45, 2.75) is 28.4 Å². The van der Waals surface area contributed by atoms with Crippen molar-refractivity contribution >= 4 is 23.5 Å². The van der Waals surface area contributed by atoms with Gasteiger partial charge in [-0.05, 0) is 24.8 Å². The van der Waals surface area contributed by atoms with Crippen LogP contribution in [-0.4, -0.2) is 23.2 Å². The van der Waals surface area contributed by atoms with Gasteiger partial charge in [0.1, 0.15) is 6.07 Å². The van der Waals surface area contributed by atoms with E-state index in [9.17, 15) is 0 Å². The number of benzene rings is 1. The summed E-state index contributed by atoms with van der Waals surface area (Å²) in [6, 6.07) is 8.16. The van der Waals surface area contributed by atoms with Gasteiger partial charge >= 0.3 is 0 Å². The van der Waals surface area contributed by atoms with Crippen LogP contribution < -0.4 is 0 Å². The molecule has 1 N–H and O–H groups in total. The number of aliphatic hydroxyl groups is 1. The maximum Gasteiger partial charge on any atom is 0.101 e. The summed E-state index contributed by atoms with van der Waals surface area (Å²) in [5.41, 5.74) is 0.754. The normalized spacial score (nSPS) is 12.1. The molecule has 1 aromatic carbocycles. The molecule has 0 spiro atoms. The van der Waals surface area contributed by atoms with E-state index in [1.807, 2.05) is 24.5 Å². The Morgan fingerprint density at radius 2 is 2.12 bits per heavy atom. The Bertz CT molecular complexity index is 387. The molecular formula is C12H15NOS2. The van der Waals surface area contributed by atoms with Gasteiger partial charge in [-0.15, -0.1) is 23.5 Å². The van der Waals surface area contributed by atoms with Crippen LogP contribution in [0.3, 0.4) is 0 Å². The Morgan fingerprint density at radius 3 is 2.69 bits per heavy atom. The quantitative estimate of drug-likeness (QED) is 0.819. The number of aliphatic hydroxyl groups excluding tert-OH is 1. The molecule has 86 valence electrons. The topological polar surface area (TPSA) is 44.0 Å². The van der Waals surface area contributed by atoms with Gasteiger partial charge < -0.3 is 5.11 Å². The molecule has 0 fully saturated rings. The monoisotopic (exact) mass is 253 g/mol. The van der Waals surface area contributed by atoms with Crippen molar-refractivity contribution < 1.29 is 5.11 Å². The molecule has 0 bridgehead atoms. The number of nitriles is 1. The number of nitrogens with zero attached hydrogens (tertiary/aromatic N) is 1. The van der Waals surface area contributed by atoms with Crippen molar-refractivity contribution in [1.82, 2.24) is 0 Å². The zero-order valence-corrected chi connectivity index (χ0v) is 11.1. The van der Waals surface area contributed by atoms with Crippen molar-refractivity contribution in [3.05, 3.63) is 23.8 Å². The lowest BCUT2D eigenvalue weighted by molar-refractivity contribution is 0.289. The SMILES string of the molecule is CSc1cccc(SC(C)CCO)c1C#N. The van der Waals surface area contributed by atoms with Crippen LogP contribution in [0.2, 0.25) is 0 Å². The molecule has 0 aromatic heterocycles. The summed E-state index contributed by atoms with van der Waals surface area (Å²) in [5.74, 6) is 0. The van der Waals surface area contributed by atoms with Gasteiger partial charge in [0.25, 0.3) is 0 Å². The maximum atomic E-state index is 9.15. The lowest BCUT2D eigenvalue weighted by atomic mass is 10.2. The number of hydrogen-bond acceptors (Lipinski definition) is 4. The Balaban J connectivity index is 2.92. The summed E-state index contributed by atoms with van der Waals surface area (Å²) in [6.45, 7) is 2.26. The molecule has 0 aliphatic carbocycles. The van der Waals surface area contributed by atoms with E-state index in [0.717, 1.165) is 21.8 Å². The summed E-state index contributed by atoms with van der Waals surface area (Å²) in [4.78, 5) is 2.03. The fourth-order valence-electron chi connectivity index (χ4n) is 1.35. The van der Waals surface area contributed by atoms with Crippen LogP contribution in [0.1, 0.15) is 18.9 Å². The van der Waals surface area contributed by atoms with Crippen LogP contribution in [0.15, 0.2) is 28.0 Å². The molecule has 0 saturated heterocycles. The third kappa shape index (κ3) is 3.44. The Hall–Kier alpha value is -0.630. The Morgan fingerprint density at radius 1 is 1.44 bits per heavy atom. The Kier molecular flexibility index (Phi) is 5.75. The van der Waals surface area contributed by atoms with E-state index < -0.39 is 0 Å². The second kappa shape index (κ2) is 6.85. The molecule has 0 saturated carbocycles. The first-order chi connectivity index (χ1) is 7.72. The molecule has 0 radical (unpaired) electrons. The van der Waals surface area contributed by atoms with Gasteiger partial charge in [0, 0.05) is 21.6 Å². The van der Waals surface area contributed by atoms with Gasteiger partial charge in [0.05, 0.1) is 5.56 Å². The van der Waals surface area contributed by atoms with Gasteiger partial charge in [-0.25, -0.2) is 0 Å². The average molecular weight is 253 g/mol. The summed E-state index contributed by atoms with van der Waals surface area (Å²) in [6.07, 6.45) is 2.72. The minimum absolute atomic E-state index is 0.193. The highest BCUT2D eigenvalue weighted by atomic mass is 32.2. The van der Waals surface area contributed by atoms with Crippen molar-refractivity contribution in [2.24, 2.45) is 0 Å². The summed E-state index contributed by atoms with van der Waals surface area (Å²) >= 11 is 3.24. The molecule has 0 aliphatic rings. The van der Waals surface area contributed by atoms with E-state index in [0.29, 0.717) is 5.25 Å². The molecule has 0 amide bonds. The maximum absolute atomic E-state index is 9.15. The molecule has 16 heavy (non-hydrogen) atoms. The lowest BCUT2D eigenvalue weighted by Gasteiger charge is -2.12. The highest BCUT2D eigenvalue weighted by Crippen LogP contribution is 2.32. The van der Waals surface area contributed by atoms with Crippen molar-refractivity contribution in [3.8, 4) is 6.07 Å². The van der Waals surface area contributed by atoms with Crippen LogP contribution in [0, 0.1) is 11.3 Å². The summed E-state index contributed by atoms with van der Waals surface area (Å²) < 4.78 is 0. The molecule has 0 aliphatic heterocycles. The first kappa shape index (κ1) is 13.4. The zero-order valence-electron chi connectivity index (χ0n) is 9.43. The predicted molar refractivity (Wildman–Crippen MR) is 70.0 cm³/mol. The first-order valence-corrected chi connectivity index (χ1v) is 7.18. The van der Waals surface area contributed by atoms with Crippen LogP contribution in [0.25, 0.3) is 0 Å². The van der Waals surface area contributed by atoms with E-state index in [4.69, 9.17) is 10.4 Å². The third-order valence-corrected chi connectivity index (χ3v) is 4.20. The third-order valence-electron chi connectivity index (χ3n) is 2.18. The smallest absolute Gasteiger partial charge is 0.101 e. The van der Waals surface area contributed by atoms with Crippen LogP contribution in [0.5, 0.6) is 0 Å². The largest absolute Gasteiger partial charge is 0.396 e. The molecular weight excluding hydrogens is 238 g/mol. The van der Waals surface area contributed by atoms with E-state index in [2.05, 4.69) is 13.0 Å². The van der Waals surface area contributed by atoms with Crippen LogP contribution >= 0.6 is 23.5 Å². The average Bonchev–Trinajstić information content (AvgIpc) is 2.29. The molecule has 1 atom stereocenters. The summed E-state index contributed by atoms with van der Waals surface area (Å²) in [7, 11) is 0. The minimum atomic E-state index is 0.193. The highest BCUT2D eigenvalue weighted by molar-refractivity contribution is 8.00. The molecule has 2 nitrogen and oxygen atoms in total. The van der Waals surface area contributed by atoms with Crippen molar-refractivity contribution in [3.63, 3.8) is 0 Å². The van der Waals surface area contributed by atoms with Gasteiger partial charge in [-0.2, -0.15) is 5.26 Å². The fraction of sp³-hybridized carbons (Fsp3) is 0.417. The predicted octanol–water partition coefficient (Wildman–Crippen LogP) is 3.14. The molecule has 1 unspecified atom stereocenters. The standard InChI is InChI=1S/C12H15NOS2/c1-9(6-7-14)16-12-5-3-4-11(15-2)10(12)8-13/h3-5,9,14H,6-7H2,1-2H3. The van der Waals surface area contributed by atoms with Crippen molar-refractivity contribution in [1.29, 1.82) is 5.26 Å². The van der Waals surface area contributed by atoms with Gasteiger partial charge in [-0.3, -0.25) is 0 Å². The van der Waals surface area contributed by atoms with E-state index in [-0.39, 0.29) is 6.61 Å². The minimum Gasteiger partial charge on any atom is -0.396 e. The van der Waals surface area contributed by atoms with Crippen molar-refractivity contribution in [2.75, 3.05) is 12.9 Å². The number of hydrogen-bond donors (Lipinski definition) is 1. The van der Waals surface area contributed by atoms with Crippen LogP contribution in [-0.2, 0) is 0 Å². The second-order valence-corrected chi connectivity index (χ2v) is 5.71. The van der Waals surface area contributed by atoms with E-state index in [1.165, 1.54) is 0 Å². The Labute approximate surface area is 105 Å². The molecule has 4 heteroatoms. The van der Waals surface area contributed by atoms with Gasteiger partial charge in [0.15, 0.2) is 0 Å². The molecule has 0 heterocycles. The van der Waals surface area contributed by atoms with Crippen LogP contribution in [0.4, 0.5) is 0 Å². The van der Waals surface area contributed by atoms with E-state index >= 15 is 0 Å². The highest BCUT2D eigenvalue weighted by Gasteiger charge is 2.11. The van der Waals surface area contributed by atoms with Gasteiger partial charge in [-0.1, -0.05) is 13.0 Å². The molecule has 1 aromatic rings. The zero-order chi connectivity index (χ0) is 12.0. The van der Waals surface area contributed by atoms with Gasteiger partial charge in [0.2, 0.25) is 0 Å². The lowest BCUT2D eigenvalue weighted by Crippen LogP contribution is -2.00. The number of thioether (sulfide) groups is 2. The first-order valence-electron chi connectivity index (χ1n) is 5.07.